The predicted octanol–water partition coefficient (Wildman–Crippen LogP) is 6.31. The quantitative estimate of drug-likeness (QED) is 0.389. The number of nitrogens with zero attached hydrogens (tertiary/aromatic N) is 1. The van der Waals surface area contributed by atoms with Crippen LogP contribution in [0.1, 0.15) is 49.2 Å². The molecule has 1 aliphatic rings. The molecule has 5 nitrogen and oxygen atoms in total. The summed E-state index contributed by atoms with van der Waals surface area (Å²) in [5.74, 6) is 1.03. The number of para-hydroxylation sites is 1. The third kappa shape index (κ3) is 5.20. The second kappa shape index (κ2) is 10.4. The van der Waals surface area contributed by atoms with Gasteiger partial charge in [-0.3, -0.25) is 10.3 Å². The van der Waals surface area contributed by atoms with Crippen molar-refractivity contribution < 1.29 is 19.0 Å². The summed E-state index contributed by atoms with van der Waals surface area (Å²) in [6.45, 7) is 4.89. The molecule has 2 atom stereocenters. The summed E-state index contributed by atoms with van der Waals surface area (Å²) in [4.78, 5) is 4.94. The molecule has 0 aliphatic carbocycles. The molecule has 7 heteroatoms. The Bertz CT molecular complexity index is 1150. The Hall–Kier alpha value is -2.90. The van der Waals surface area contributed by atoms with Gasteiger partial charge in [0.2, 0.25) is 0 Å². The lowest BCUT2D eigenvalue weighted by molar-refractivity contribution is 0.313. The topological polar surface area (TPSA) is 63.1 Å². The average molecular weight is 513 g/mol. The van der Waals surface area contributed by atoms with E-state index in [4.69, 9.17) is 14.5 Å². The zero-order valence-corrected chi connectivity index (χ0v) is 20.1. The van der Waals surface area contributed by atoms with Gasteiger partial charge < -0.3 is 14.6 Å². The molecule has 0 saturated heterocycles. The number of hydrogen-bond donors (Lipinski definition) is 2. The lowest BCUT2D eigenvalue weighted by Gasteiger charge is -2.31. The smallest absolute Gasteiger partial charge is 0.162 e. The first-order valence-corrected chi connectivity index (χ1v) is 11.7. The first-order valence-electron chi connectivity index (χ1n) is 11.0. The van der Waals surface area contributed by atoms with E-state index in [1.807, 2.05) is 50.2 Å². The zero-order chi connectivity index (χ0) is 23.4. The minimum Gasteiger partial charge on any atom is -0.504 e. The van der Waals surface area contributed by atoms with Crippen LogP contribution in [0.15, 0.2) is 70.1 Å². The van der Waals surface area contributed by atoms with Crippen molar-refractivity contribution in [1.82, 2.24) is 5.32 Å². The van der Waals surface area contributed by atoms with Gasteiger partial charge in [-0.1, -0.05) is 18.2 Å². The summed E-state index contributed by atoms with van der Waals surface area (Å²) in [7, 11) is 0. The van der Waals surface area contributed by atoms with Gasteiger partial charge in [0, 0.05) is 23.7 Å². The number of aliphatic imine (C=N–C) groups is 1. The van der Waals surface area contributed by atoms with Gasteiger partial charge in [-0.2, -0.15) is 0 Å². The molecular weight excluding hydrogens is 487 g/mol. The van der Waals surface area contributed by atoms with Crippen molar-refractivity contribution >= 4 is 21.6 Å². The van der Waals surface area contributed by atoms with Crippen LogP contribution in [0.5, 0.6) is 17.2 Å². The van der Waals surface area contributed by atoms with Crippen LogP contribution in [-0.4, -0.2) is 24.0 Å². The number of halogens is 2. The lowest BCUT2D eigenvalue weighted by Crippen LogP contribution is -2.33. The summed E-state index contributed by atoms with van der Waals surface area (Å²) in [6.07, 6.45) is 0.146. The first kappa shape index (κ1) is 23.3. The van der Waals surface area contributed by atoms with Crippen molar-refractivity contribution in [2.75, 3.05) is 13.2 Å². The van der Waals surface area contributed by atoms with Crippen molar-refractivity contribution in [2.24, 2.45) is 4.99 Å². The Kier molecular flexibility index (Phi) is 7.30. The molecule has 3 aromatic rings. The zero-order valence-electron chi connectivity index (χ0n) is 18.5. The Morgan fingerprint density at radius 3 is 2.52 bits per heavy atom. The third-order valence-electron chi connectivity index (χ3n) is 5.50. The number of benzene rings is 3. The van der Waals surface area contributed by atoms with Crippen LogP contribution in [-0.2, 0) is 0 Å². The van der Waals surface area contributed by atoms with Crippen LogP contribution in [0.25, 0.3) is 0 Å². The van der Waals surface area contributed by atoms with E-state index in [0.29, 0.717) is 29.9 Å². The molecule has 0 bridgehead atoms. The van der Waals surface area contributed by atoms with E-state index in [0.717, 1.165) is 28.2 Å². The maximum atomic E-state index is 13.9. The van der Waals surface area contributed by atoms with E-state index < -0.39 is 6.17 Å². The van der Waals surface area contributed by atoms with E-state index in [9.17, 15) is 9.50 Å². The van der Waals surface area contributed by atoms with E-state index in [-0.39, 0.29) is 17.6 Å². The molecule has 3 aromatic carbocycles. The predicted molar refractivity (Wildman–Crippen MR) is 131 cm³/mol. The standard InChI is InChI=1S/C26H26BrFN2O3/c1-3-32-18-11-8-16(9-12-18)22-15-23(19-6-5-7-24(25(19)31)33-4-2)30-26(29-22)17-10-13-21(28)20(27)14-17/h5-14,23,26,30-31H,3-4,15H2,1-2H3. The normalized spacial score (nSPS) is 18.0. The molecule has 0 aromatic heterocycles. The summed E-state index contributed by atoms with van der Waals surface area (Å²) in [5, 5.41) is 14.4. The fourth-order valence-corrected chi connectivity index (χ4v) is 4.33. The van der Waals surface area contributed by atoms with Crippen LogP contribution in [0.3, 0.4) is 0 Å². The Labute approximate surface area is 201 Å². The first-order chi connectivity index (χ1) is 16.0. The highest BCUT2D eigenvalue weighted by atomic mass is 79.9. The van der Waals surface area contributed by atoms with Gasteiger partial charge >= 0.3 is 0 Å². The number of phenols is 1. The molecule has 1 heterocycles. The van der Waals surface area contributed by atoms with Gasteiger partial charge in [-0.05, 0) is 83.4 Å². The monoisotopic (exact) mass is 512 g/mol. The van der Waals surface area contributed by atoms with Crippen LogP contribution in [0.4, 0.5) is 4.39 Å². The number of rotatable bonds is 7. The van der Waals surface area contributed by atoms with E-state index in [1.54, 1.807) is 18.2 Å². The van der Waals surface area contributed by atoms with Gasteiger partial charge in [-0.25, -0.2) is 4.39 Å². The summed E-state index contributed by atoms with van der Waals surface area (Å²) < 4.78 is 25.4. The van der Waals surface area contributed by atoms with Crippen molar-refractivity contribution in [3.8, 4) is 17.2 Å². The van der Waals surface area contributed by atoms with Crippen molar-refractivity contribution in [2.45, 2.75) is 32.5 Å². The number of ether oxygens (including phenoxy) is 2. The highest BCUT2D eigenvalue weighted by molar-refractivity contribution is 9.10. The van der Waals surface area contributed by atoms with E-state index in [1.165, 1.54) is 6.07 Å². The summed E-state index contributed by atoms with van der Waals surface area (Å²) in [6, 6.07) is 18.0. The summed E-state index contributed by atoms with van der Waals surface area (Å²) >= 11 is 3.27. The van der Waals surface area contributed by atoms with Gasteiger partial charge in [0.05, 0.1) is 17.7 Å². The van der Waals surface area contributed by atoms with Gasteiger partial charge in [-0.15, -0.1) is 0 Å². The Morgan fingerprint density at radius 2 is 1.82 bits per heavy atom. The summed E-state index contributed by atoms with van der Waals surface area (Å²) in [5.41, 5.74) is 3.40. The van der Waals surface area contributed by atoms with Crippen molar-refractivity contribution in [3.63, 3.8) is 0 Å². The largest absolute Gasteiger partial charge is 0.504 e. The minimum absolute atomic E-state index is 0.115. The third-order valence-corrected chi connectivity index (χ3v) is 6.11. The molecule has 0 spiro atoms. The molecule has 1 aliphatic heterocycles. The highest BCUT2D eigenvalue weighted by Gasteiger charge is 2.29. The number of hydrogen-bond acceptors (Lipinski definition) is 5. The van der Waals surface area contributed by atoms with Crippen LogP contribution in [0, 0.1) is 5.82 Å². The van der Waals surface area contributed by atoms with Gasteiger partial charge in [0.15, 0.2) is 11.5 Å². The fourth-order valence-electron chi connectivity index (χ4n) is 3.94. The molecule has 2 N–H and O–H groups in total. The second-order valence-electron chi connectivity index (χ2n) is 7.66. The molecule has 33 heavy (non-hydrogen) atoms. The molecular formula is C26H26BrFN2O3. The highest BCUT2D eigenvalue weighted by Crippen LogP contribution is 2.39. The number of phenolic OH excluding ortho intramolecular Hbond substituents is 1. The van der Waals surface area contributed by atoms with Gasteiger partial charge in [0.25, 0.3) is 0 Å². The molecule has 0 amide bonds. The molecule has 172 valence electrons. The maximum absolute atomic E-state index is 13.9. The fraction of sp³-hybridized carbons (Fsp3) is 0.269. The van der Waals surface area contributed by atoms with Gasteiger partial charge in [0.1, 0.15) is 17.7 Å². The molecule has 2 unspecified atom stereocenters. The molecule has 0 saturated carbocycles. The van der Waals surface area contributed by atoms with Crippen LogP contribution >= 0.6 is 15.9 Å². The number of nitrogens with one attached hydrogen (secondary N) is 1. The SMILES string of the molecule is CCOc1ccc(C2=NC(c3ccc(F)c(Br)c3)NC(c3cccc(OCC)c3O)C2)cc1. The average Bonchev–Trinajstić information content (AvgIpc) is 2.83. The Morgan fingerprint density at radius 1 is 1.06 bits per heavy atom. The molecule has 0 radical (unpaired) electrons. The van der Waals surface area contributed by atoms with E-state index >= 15 is 0 Å². The maximum Gasteiger partial charge on any atom is 0.162 e. The van der Waals surface area contributed by atoms with Crippen LogP contribution < -0.4 is 14.8 Å². The number of aromatic hydroxyl groups is 1. The van der Waals surface area contributed by atoms with Crippen molar-refractivity contribution in [1.29, 1.82) is 0 Å². The second-order valence-corrected chi connectivity index (χ2v) is 8.51. The molecule has 4 rings (SSSR count). The Balaban J connectivity index is 1.74. The van der Waals surface area contributed by atoms with Crippen molar-refractivity contribution in [3.05, 3.63) is 87.6 Å². The van der Waals surface area contributed by atoms with Crippen LogP contribution in [0.2, 0.25) is 0 Å². The minimum atomic E-state index is -0.419. The lowest BCUT2D eigenvalue weighted by atomic mass is 9.93. The molecule has 0 fully saturated rings. The van der Waals surface area contributed by atoms with E-state index in [2.05, 4.69) is 21.2 Å².